The summed E-state index contributed by atoms with van der Waals surface area (Å²) in [5, 5.41) is 4.37. The van der Waals surface area contributed by atoms with Crippen molar-refractivity contribution < 1.29 is 4.74 Å². The van der Waals surface area contributed by atoms with Gasteiger partial charge in [0.05, 0.1) is 7.11 Å². The van der Waals surface area contributed by atoms with Crippen molar-refractivity contribution in [2.45, 2.75) is 32.9 Å². The molecule has 2 rings (SSSR count). The van der Waals surface area contributed by atoms with Crippen molar-refractivity contribution in [2.75, 3.05) is 7.11 Å². The van der Waals surface area contributed by atoms with Crippen LogP contribution in [0, 0.1) is 6.92 Å². The molecule has 0 amide bonds. The van der Waals surface area contributed by atoms with E-state index in [1.807, 2.05) is 12.1 Å². The fourth-order valence-corrected chi connectivity index (χ4v) is 2.61. The third-order valence-electron chi connectivity index (χ3n) is 3.73. The van der Waals surface area contributed by atoms with Crippen LogP contribution >= 0.6 is 11.6 Å². The van der Waals surface area contributed by atoms with Crippen molar-refractivity contribution >= 4 is 11.6 Å². The van der Waals surface area contributed by atoms with Gasteiger partial charge in [0, 0.05) is 22.7 Å². The summed E-state index contributed by atoms with van der Waals surface area (Å²) in [7, 11) is 1.72. The van der Waals surface area contributed by atoms with Gasteiger partial charge in [-0.3, -0.25) is 0 Å². The van der Waals surface area contributed by atoms with E-state index in [9.17, 15) is 0 Å². The zero-order valence-corrected chi connectivity index (χ0v) is 13.7. The van der Waals surface area contributed by atoms with Crippen molar-refractivity contribution in [1.82, 2.24) is 5.32 Å². The number of benzene rings is 2. The van der Waals surface area contributed by atoms with Crippen LogP contribution in [0.1, 0.15) is 42.6 Å². The molecule has 2 aromatic carbocycles. The molecule has 0 aliphatic carbocycles. The summed E-state index contributed by atoms with van der Waals surface area (Å²) in [5.74, 6) is 0.929. The van der Waals surface area contributed by atoms with Gasteiger partial charge in [-0.1, -0.05) is 35.9 Å². The molecule has 0 spiro atoms. The van der Waals surface area contributed by atoms with Crippen LogP contribution in [0.3, 0.4) is 0 Å². The van der Waals surface area contributed by atoms with E-state index in [1.54, 1.807) is 7.11 Å². The number of methoxy groups -OCH3 is 1. The quantitative estimate of drug-likeness (QED) is 0.832. The molecule has 0 radical (unpaired) electrons. The Morgan fingerprint density at radius 2 is 1.67 bits per heavy atom. The van der Waals surface area contributed by atoms with Crippen molar-refractivity contribution in [1.29, 1.82) is 0 Å². The Labute approximate surface area is 132 Å². The Morgan fingerprint density at radius 3 is 2.29 bits per heavy atom. The molecule has 3 heteroatoms. The topological polar surface area (TPSA) is 21.3 Å². The number of rotatable bonds is 5. The normalized spacial score (nSPS) is 13.8. The highest BCUT2D eigenvalue weighted by Crippen LogP contribution is 2.28. The maximum atomic E-state index is 5.94. The molecule has 0 aliphatic heterocycles. The third-order valence-corrected chi connectivity index (χ3v) is 3.98. The number of aryl methyl sites for hydroxylation is 1. The van der Waals surface area contributed by atoms with E-state index in [1.165, 1.54) is 16.7 Å². The SMILES string of the molecule is COc1cc(C)ccc1C(C)NC(C)c1ccc(Cl)cc1. The molecule has 0 aromatic heterocycles. The van der Waals surface area contributed by atoms with Crippen LogP contribution in [0.5, 0.6) is 5.75 Å². The third kappa shape index (κ3) is 3.99. The van der Waals surface area contributed by atoms with Gasteiger partial charge >= 0.3 is 0 Å². The van der Waals surface area contributed by atoms with Gasteiger partial charge in [0.15, 0.2) is 0 Å². The van der Waals surface area contributed by atoms with Gasteiger partial charge in [-0.05, 0) is 50.1 Å². The molecular formula is C18H22ClNO. The fourth-order valence-electron chi connectivity index (χ4n) is 2.49. The lowest BCUT2D eigenvalue weighted by atomic mass is 10.0. The highest BCUT2D eigenvalue weighted by molar-refractivity contribution is 6.30. The van der Waals surface area contributed by atoms with Crippen molar-refractivity contribution in [3.63, 3.8) is 0 Å². The molecule has 21 heavy (non-hydrogen) atoms. The van der Waals surface area contributed by atoms with Gasteiger partial charge in [-0.15, -0.1) is 0 Å². The average Bonchev–Trinajstić information content (AvgIpc) is 2.47. The lowest BCUT2D eigenvalue weighted by Gasteiger charge is -2.22. The Morgan fingerprint density at radius 1 is 1.00 bits per heavy atom. The molecule has 1 N–H and O–H groups in total. The van der Waals surface area contributed by atoms with Crippen molar-refractivity contribution in [3.8, 4) is 5.75 Å². The molecule has 0 aliphatic rings. The molecular weight excluding hydrogens is 282 g/mol. The Balaban J connectivity index is 2.13. The smallest absolute Gasteiger partial charge is 0.123 e. The molecule has 112 valence electrons. The first-order valence-electron chi connectivity index (χ1n) is 7.17. The zero-order chi connectivity index (χ0) is 15.4. The molecule has 2 atom stereocenters. The summed E-state index contributed by atoms with van der Waals surface area (Å²) in [6, 6.07) is 14.7. The summed E-state index contributed by atoms with van der Waals surface area (Å²) in [6.45, 7) is 6.38. The van der Waals surface area contributed by atoms with Crippen LogP contribution in [-0.4, -0.2) is 7.11 Å². The maximum absolute atomic E-state index is 5.94. The van der Waals surface area contributed by atoms with E-state index in [4.69, 9.17) is 16.3 Å². The molecule has 2 nitrogen and oxygen atoms in total. The summed E-state index contributed by atoms with van der Waals surface area (Å²) in [5.41, 5.74) is 3.59. The fraction of sp³-hybridized carbons (Fsp3) is 0.333. The van der Waals surface area contributed by atoms with Crippen LogP contribution < -0.4 is 10.1 Å². The molecule has 0 saturated carbocycles. The van der Waals surface area contributed by atoms with Crippen LogP contribution in [0.4, 0.5) is 0 Å². The number of hydrogen-bond donors (Lipinski definition) is 1. The van der Waals surface area contributed by atoms with Crippen LogP contribution in [0.15, 0.2) is 42.5 Å². The average molecular weight is 304 g/mol. The largest absolute Gasteiger partial charge is 0.496 e. The lowest BCUT2D eigenvalue weighted by Crippen LogP contribution is -2.22. The highest BCUT2D eigenvalue weighted by atomic mass is 35.5. The molecule has 2 unspecified atom stereocenters. The standard InChI is InChI=1S/C18H22ClNO/c1-12-5-10-17(18(11-12)21-4)14(3)20-13(2)15-6-8-16(19)9-7-15/h5-11,13-14,20H,1-4H3. The summed E-state index contributed by atoms with van der Waals surface area (Å²) >= 11 is 5.94. The first kappa shape index (κ1) is 15.9. The van der Waals surface area contributed by atoms with E-state index >= 15 is 0 Å². The van der Waals surface area contributed by atoms with Gasteiger partial charge < -0.3 is 10.1 Å². The Bertz CT molecular complexity index is 595. The first-order chi connectivity index (χ1) is 10.0. The second-order valence-corrected chi connectivity index (χ2v) is 5.84. The minimum atomic E-state index is 0.200. The summed E-state index contributed by atoms with van der Waals surface area (Å²) in [4.78, 5) is 0. The van der Waals surface area contributed by atoms with Gasteiger partial charge in [-0.25, -0.2) is 0 Å². The summed E-state index contributed by atoms with van der Waals surface area (Å²) in [6.07, 6.45) is 0. The van der Waals surface area contributed by atoms with Crippen LogP contribution in [0.2, 0.25) is 5.02 Å². The molecule has 0 saturated heterocycles. The Kier molecular flexibility index (Phi) is 5.27. The van der Waals surface area contributed by atoms with Crippen molar-refractivity contribution in [3.05, 3.63) is 64.2 Å². The van der Waals surface area contributed by atoms with Gasteiger partial charge in [0.25, 0.3) is 0 Å². The number of halogens is 1. The minimum Gasteiger partial charge on any atom is -0.496 e. The number of ether oxygens (including phenoxy) is 1. The second-order valence-electron chi connectivity index (χ2n) is 5.41. The predicted octanol–water partition coefficient (Wildman–Crippen LogP) is 5.07. The molecule has 0 bridgehead atoms. The predicted molar refractivity (Wildman–Crippen MR) is 89.1 cm³/mol. The van der Waals surface area contributed by atoms with Crippen molar-refractivity contribution in [2.24, 2.45) is 0 Å². The molecule has 2 aromatic rings. The first-order valence-corrected chi connectivity index (χ1v) is 7.55. The zero-order valence-electron chi connectivity index (χ0n) is 13.0. The number of nitrogens with one attached hydrogen (secondary N) is 1. The van der Waals surface area contributed by atoms with Crippen LogP contribution in [-0.2, 0) is 0 Å². The maximum Gasteiger partial charge on any atom is 0.123 e. The number of hydrogen-bond acceptors (Lipinski definition) is 2. The van der Waals surface area contributed by atoms with Crippen LogP contribution in [0.25, 0.3) is 0 Å². The van der Waals surface area contributed by atoms with Gasteiger partial charge in [0.2, 0.25) is 0 Å². The van der Waals surface area contributed by atoms with E-state index in [0.29, 0.717) is 0 Å². The second kappa shape index (κ2) is 6.97. The molecule has 0 fully saturated rings. The Hall–Kier alpha value is -1.51. The minimum absolute atomic E-state index is 0.200. The van der Waals surface area contributed by atoms with E-state index in [2.05, 4.69) is 56.4 Å². The van der Waals surface area contributed by atoms with E-state index < -0.39 is 0 Å². The monoisotopic (exact) mass is 303 g/mol. The lowest BCUT2D eigenvalue weighted by molar-refractivity contribution is 0.396. The van der Waals surface area contributed by atoms with E-state index in [0.717, 1.165) is 10.8 Å². The highest BCUT2D eigenvalue weighted by Gasteiger charge is 2.14. The van der Waals surface area contributed by atoms with Gasteiger partial charge in [-0.2, -0.15) is 0 Å². The molecule has 0 heterocycles. The van der Waals surface area contributed by atoms with Gasteiger partial charge in [0.1, 0.15) is 5.75 Å². The van der Waals surface area contributed by atoms with E-state index in [-0.39, 0.29) is 12.1 Å². The summed E-state index contributed by atoms with van der Waals surface area (Å²) < 4.78 is 5.49.